The zero-order chi connectivity index (χ0) is 17.3. The number of esters is 1. The zero-order valence-electron chi connectivity index (χ0n) is 12.3. The molecule has 0 spiro atoms. The highest BCUT2D eigenvalue weighted by Gasteiger charge is 2.25. The van der Waals surface area contributed by atoms with Crippen LogP contribution in [0.1, 0.15) is 11.1 Å². The van der Waals surface area contributed by atoms with E-state index in [-0.39, 0.29) is 11.6 Å². The fourth-order valence-electron chi connectivity index (χ4n) is 2.12. The van der Waals surface area contributed by atoms with Gasteiger partial charge in [-0.05, 0) is 80.5 Å². The monoisotopic (exact) mass is 517 g/mol. The molecule has 3 rings (SSSR count). The smallest absolute Gasteiger partial charge is 0.363 e. The highest BCUT2D eigenvalue weighted by molar-refractivity contribution is 14.1. The molecule has 1 aliphatic heterocycles. The van der Waals surface area contributed by atoms with Gasteiger partial charge in [-0.25, -0.2) is 9.79 Å². The number of hydrogen-bond acceptors (Lipinski definition) is 4. The predicted molar refractivity (Wildman–Crippen MR) is 105 cm³/mol. The highest BCUT2D eigenvalue weighted by Crippen LogP contribution is 2.28. The third-order valence-electron chi connectivity index (χ3n) is 3.26. The van der Waals surface area contributed by atoms with Gasteiger partial charge < -0.3 is 9.47 Å². The summed E-state index contributed by atoms with van der Waals surface area (Å²) in [6.07, 6.45) is 1.65. The standard InChI is InChI=1S/C17H10BrClINO3/c1-23-15-5-2-9(6-12(15)18)7-14-17(22)24-16(21-14)11-8-10(20)3-4-13(11)19/h2-8H,1H3/b14-7-. The van der Waals surface area contributed by atoms with Crippen LogP contribution in [-0.4, -0.2) is 19.0 Å². The van der Waals surface area contributed by atoms with Crippen molar-refractivity contribution in [3.05, 3.63) is 66.3 Å². The second kappa shape index (κ2) is 7.25. The minimum atomic E-state index is -0.508. The Labute approximate surface area is 165 Å². The number of methoxy groups -OCH3 is 1. The largest absolute Gasteiger partial charge is 0.496 e. The number of cyclic esters (lactones) is 1. The molecule has 122 valence electrons. The molecule has 2 aromatic carbocycles. The average molecular weight is 519 g/mol. The van der Waals surface area contributed by atoms with Crippen LogP contribution in [0.2, 0.25) is 5.02 Å². The summed E-state index contributed by atoms with van der Waals surface area (Å²) in [4.78, 5) is 16.4. The first kappa shape index (κ1) is 17.4. The van der Waals surface area contributed by atoms with E-state index in [9.17, 15) is 4.79 Å². The number of aliphatic imine (C=N–C) groups is 1. The first-order chi connectivity index (χ1) is 11.5. The van der Waals surface area contributed by atoms with Gasteiger partial charge in [-0.15, -0.1) is 0 Å². The summed E-state index contributed by atoms with van der Waals surface area (Å²) in [5.41, 5.74) is 1.61. The summed E-state index contributed by atoms with van der Waals surface area (Å²) in [6.45, 7) is 0. The quantitative estimate of drug-likeness (QED) is 0.324. The van der Waals surface area contributed by atoms with Gasteiger partial charge in [0, 0.05) is 3.57 Å². The molecule has 0 radical (unpaired) electrons. The molecule has 0 fully saturated rings. The number of carbonyl (C=O) groups is 1. The van der Waals surface area contributed by atoms with Crippen molar-refractivity contribution in [2.24, 2.45) is 4.99 Å². The Morgan fingerprint density at radius 3 is 2.79 bits per heavy atom. The van der Waals surface area contributed by atoms with Gasteiger partial charge in [-0.3, -0.25) is 0 Å². The molecule has 2 aromatic rings. The van der Waals surface area contributed by atoms with Crippen LogP contribution in [0, 0.1) is 3.57 Å². The number of benzene rings is 2. The van der Waals surface area contributed by atoms with E-state index < -0.39 is 5.97 Å². The van der Waals surface area contributed by atoms with E-state index in [1.807, 2.05) is 24.3 Å². The molecule has 1 heterocycles. The Balaban J connectivity index is 1.97. The topological polar surface area (TPSA) is 47.9 Å². The van der Waals surface area contributed by atoms with Gasteiger partial charge in [-0.2, -0.15) is 0 Å². The molecule has 24 heavy (non-hydrogen) atoms. The van der Waals surface area contributed by atoms with Gasteiger partial charge in [0.05, 0.1) is 22.2 Å². The normalized spacial score (nSPS) is 15.4. The van der Waals surface area contributed by atoms with Gasteiger partial charge in [0.2, 0.25) is 5.90 Å². The Morgan fingerprint density at radius 2 is 2.08 bits per heavy atom. The van der Waals surface area contributed by atoms with Crippen LogP contribution in [0.25, 0.3) is 6.08 Å². The van der Waals surface area contributed by atoms with Crippen molar-refractivity contribution >= 4 is 68.1 Å². The maximum atomic E-state index is 12.1. The van der Waals surface area contributed by atoms with Crippen molar-refractivity contribution < 1.29 is 14.3 Å². The highest BCUT2D eigenvalue weighted by atomic mass is 127. The van der Waals surface area contributed by atoms with E-state index in [0.717, 1.165) is 13.6 Å². The Morgan fingerprint density at radius 1 is 1.29 bits per heavy atom. The lowest BCUT2D eigenvalue weighted by Crippen LogP contribution is -2.06. The number of carbonyl (C=O) groups excluding carboxylic acids is 1. The maximum Gasteiger partial charge on any atom is 0.363 e. The molecule has 0 unspecified atom stereocenters. The molecule has 7 heteroatoms. The van der Waals surface area contributed by atoms with Crippen molar-refractivity contribution in [2.45, 2.75) is 0 Å². The van der Waals surface area contributed by atoms with Crippen LogP contribution in [0.4, 0.5) is 0 Å². The van der Waals surface area contributed by atoms with Crippen molar-refractivity contribution in [3.8, 4) is 5.75 Å². The summed E-state index contributed by atoms with van der Waals surface area (Å²) in [6, 6.07) is 10.9. The molecule has 0 aromatic heterocycles. The van der Waals surface area contributed by atoms with Gasteiger partial charge in [0.15, 0.2) is 5.70 Å². The molecule has 0 saturated heterocycles. The van der Waals surface area contributed by atoms with Crippen LogP contribution in [0.15, 0.2) is 51.6 Å². The Hall–Kier alpha value is -1.38. The van der Waals surface area contributed by atoms with Crippen molar-refractivity contribution in [1.82, 2.24) is 0 Å². The second-order valence-corrected chi connectivity index (χ2v) is 7.36. The molecule has 4 nitrogen and oxygen atoms in total. The maximum absolute atomic E-state index is 12.1. The van der Waals surface area contributed by atoms with Crippen molar-refractivity contribution in [2.75, 3.05) is 7.11 Å². The van der Waals surface area contributed by atoms with Crippen LogP contribution < -0.4 is 4.74 Å². The second-order valence-electron chi connectivity index (χ2n) is 4.85. The van der Waals surface area contributed by atoms with Crippen LogP contribution in [-0.2, 0) is 9.53 Å². The van der Waals surface area contributed by atoms with E-state index >= 15 is 0 Å². The van der Waals surface area contributed by atoms with Gasteiger partial charge >= 0.3 is 5.97 Å². The SMILES string of the molecule is COc1ccc(/C=C2\N=C(c3cc(I)ccc3Cl)OC2=O)cc1Br. The molecule has 0 atom stereocenters. The molecule has 1 aliphatic rings. The molecular formula is C17H10BrClINO3. The van der Waals surface area contributed by atoms with Gasteiger partial charge in [-0.1, -0.05) is 17.7 Å². The molecule has 0 bridgehead atoms. The molecule has 0 N–H and O–H groups in total. The lowest BCUT2D eigenvalue weighted by Gasteiger charge is -2.03. The summed E-state index contributed by atoms with van der Waals surface area (Å²) < 4.78 is 12.2. The fraction of sp³-hybridized carbons (Fsp3) is 0.0588. The fourth-order valence-corrected chi connectivity index (χ4v) is 3.36. The average Bonchev–Trinajstić information content (AvgIpc) is 2.90. The van der Waals surface area contributed by atoms with Crippen molar-refractivity contribution in [3.63, 3.8) is 0 Å². The van der Waals surface area contributed by atoms with Gasteiger partial charge in [0.1, 0.15) is 5.75 Å². The molecule has 0 saturated carbocycles. The number of hydrogen-bond donors (Lipinski definition) is 0. The third kappa shape index (κ3) is 3.65. The summed E-state index contributed by atoms with van der Waals surface area (Å²) >= 11 is 11.7. The molecular weight excluding hydrogens is 508 g/mol. The zero-order valence-corrected chi connectivity index (χ0v) is 16.8. The summed E-state index contributed by atoms with van der Waals surface area (Å²) in [5, 5.41) is 0.482. The van der Waals surface area contributed by atoms with Crippen LogP contribution in [0.3, 0.4) is 0 Å². The predicted octanol–water partition coefficient (Wildman–Crippen LogP) is 5.06. The number of nitrogens with zero attached hydrogens (tertiary/aromatic N) is 1. The summed E-state index contributed by atoms with van der Waals surface area (Å²) in [7, 11) is 1.59. The van der Waals surface area contributed by atoms with E-state index in [0.29, 0.717) is 16.3 Å². The number of halogens is 3. The van der Waals surface area contributed by atoms with E-state index in [4.69, 9.17) is 21.1 Å². The lowest BCUT2D eigenvalue weighted by atomic mass is 10.2. The van der Waals surface area contributed by atoms with E-state index in [1.54, 1.807) is 25.3 Å². The third-order valence-corrected chi connectivity index (χ3v) is 4.88. The molecule has 0 aliphatic carbocycles. The van der Waals surface area contributed by atoms with Crippen LogP contribution >= 0.6 is 50.1 Å². The van der Waals surface area contributed by atoms with E-state index in [1.165, 1.54) is 0 Å². The lowest BCUT2D eigenvalue weighted by molar-refractivity contribution is -0.129. The van der Waals surface area contributed by atoms with Gasteiger partial charge in [0.25, 0.3) is 0 Å². The van der Waals surface area contributed by atoms with E-state index in [2.05, 4.69) is 43.5 Å². The Kier molecular flexibility index (Phi) is 5.27. The minimum Gasteiger partial charge on any atom is -0.496 e. The number of ether oxygens (including phenoxy) is 2. The first-order valence-electron chi connectivity index (χ1n) is 6.79. The number of rotatable bonds is 3. The van der Waals surface area contributed by atoms with Crippen molar-refractivity contribution in [1.29, 1.82) is 0 Å². The Bertz CT molecular complexity index is 895. The van der Waals surface area contributed by atoms with Crippen LogP contribution in [0.5, 0.6) is 5.75 Å². The molecule has 0 amide bonds. The summed E-state index contributed by atoms with van der Waals surface area (Å²) in [5.74, 6) is 0.412. The first-order valence-corrected chi connectivity index (χ1v) is 9.04. The minimum absolute atomic E-state index is 0.211.